The molecule has 0 radical (unpaired) electrons. The van der Waals surface area contributed by atoms with Crippen LogP contribution in [0, 0.1) is 0 Å². The molecular formula is C14H21NOS. The van der Waals surface area contributed by atoms with Crippen LogP contribution in [0.5, 0.6) is 0 Å². The van der Waals surface area contributed by atoms with Crippen molar-refractivity contribution >= 4 is 17.1 Å². The highest BCUT2D eigenvalue weighted by molar-refractivity contribution is 7.07. The normalized spacial score (nSPS) is 21.6. The Bertz CT molecular complexity index is 347. The highest BCUT2D eigenvalue weighted by atomic mass is 32.1. The number of thiophene rings is 1. The fourth-order valence-electron chi connectivity index (χ4n) is 2.62. The van der Waals surface area contributed by atoms with E-state index in [4.69, 9.17) is 0 Å². The highest BCUT2D eigenvalue weighted by Crippen LogP contribution is 2.20. The zero-order valence-corrected chi connectivity index (χ0v) is 11.3. The minimum atomic E-state index is 0.331. The lowest BCUT2D eigenvalue weighted by Crippen LogP contribution is -2.41. The van der Waals surface area contributed by atoms with Gasteiger partial charge in [-0.1, -0.05) is 6.42 Å². The summed E-state index contributed by atoms with van der Waals surface area (Å²) in [5.74, 6) is 0.331. The molecule has 1 aliphatic rings. The van der Waals surface area contributed by atoms with Gasteiger partial charge in [-0.3, -0.25) is 9.69 Å². The van der Waals surface area contributed by atoms with Gasteiger partial charge in [-0.15, -0.1) is 0 Å². The number of Topliss-reactive ketones (excluding diaryl/α,β-unsaturated/α-hetero) is 1. The molecule has 1 aliphatic heterocycles. The number of carbonyl (C=O) groups excluding carboxylic acids is 1. The fraction of sp³-hybridized carbons (Fsp3) is 0.643. The van der Waals surface area contributed by atoms with E-state index in [2.05, 4.69) is 21.7 Å². The third-order valence-corrected chi connectivity index (χ3v) is 4.27. The molecule has 0 spiro atoms. The van der Waals surface area contributed by atoms with Crippen LogP contribution >= 0.6 is 11.3 Å². The number of rotatable bonds is 5. The Hall–Kier alpha value is -0.670. The van der Waals surface area contributed by atoms with Crippen molar-refractivity contribution in [2.24, 2.45) is 0 Å². The maximum Gasteiger partial charge on any atom is 0.131 e. The van der Waals surface area contributed by atoms with Crippen molar-refractivity contribution in [3.05, 3.63) is 22.4 Å². The first-order valence-electron chi connectivity index (χ1n) is 6.50. The summed E-state index contributed by atoms with van der Waals surface area (Å²) < 4.78 is 0. The molecule has 1 aromatic heterocycles. The van der Waals surface area contributed by atoms with Gasteiger partial charge in [0.1, 0.15) is 5.78 Å². The van der Waals surface area contributed by atoms with Crippen molar-refractivity contribution in [3.8, 4) is 0 Å². The van der Waals surface area contributed by atoms with E-state index in [-0.39, 0.29) is 0 Å². The molecule has 0 aromatic carbocycles. The monoisotopic (exact) mass is 251 g/mol. The largest absolute Gasteiger partial charge is 0.300 e. The second kappa shape index (κ2) is 6.31. The van der Waals surface area contributed by atoms with Crippen LogP contribution in [0.25, 0.3) is 0 Å². The summed E-state index contributed by atoms with van der Waals surface area (Å²) in [6, 6.07) is 2.70. The van der Waals surface area contributed by atoms with Crippen LogP contribution in [-0.2, 0) is 11.2 Å². The molecule has 2 rings (SSSR count). The van der Waals surface area contributed by atoms with Crippen molar-refractivity contribution in [2.75, 3.05) is 13.1 Å². The number of hydrogen-bond acceptors (Lipinski definition) is 3. The average molecular weight is 251 g/mol. The smallest absolute Gasteiger partial charge is 0.131 e. The molecule has 1 unspecified atom stereocenters. The maximum absolute atomic E-state index is 11.3. The SMILES string of the molecule is CC(=O)CC1CCCCN1CCc1ccsc1. The van der Waals surface area contributed by atoms with Crippen LogP contribution < -0.4 is 0 Å². The molecule has 17 heavy (non-hydrogen) atoms. The van der Waals surface area contributed by atoms with Crippen molar-refractivity contribution in [3.63, 3.8) is 0 Å². The van der Waals surface area contributed by atoms with E-state index in [1.807, 2.05) is 0 Å². The Balaban J connectivity index is 1.85. The maximum atomic E-state index is 11.3. The lowest BCUT2D eigenvalue weighted by molar-refractivity contribution is -0.118. The zero-order valence-electron chi connectivity index (χ0n) is 10.5. The van der Waals surface area contributed by atoms with E-state index in [1.54, 1.807) is 18.3 Å². The number of likely N-dealkylation sites (tertiary alicyclic amines) is 1. The van der Waals surface area contributed by atoms with Gasteiger partial charge in [-0.2, -0.15) is 11.3 Å². The highest BCUT2D eigenvalue weighted by Gasteiger charge is 2.22. The van der Waals surface area contributed by atoms with Gasteiger partial charge in [-0.05, 0) is 55.1 Å². The molecule has 2 heterocycles. The van der Waals surface area contributed by atoms with Gasteiger partial charge in [0.25, 0.3) is 0 Å². The molecule has 0 amide bonds. The van der Waals surface area contributed by atoms with E-state index in [1.165, 1.54) is 31.4 Å². The lowest BCUT2D eigenvalue weighted by atomic mass is 9.97. The second-order valence-corrected chi connectivity index (χ2v) is 5.75. The van der Waals surface area contributed by atoms with E-state index in [0.29, 0.717) is 11.8 Å². The quantitative estimate of drug-likeness (QED) is 0.801. The molecule has 0 saturated carbocycles. The zero-order chi connectivity index (χ0) is 12.1. The number of hydrogen-bond donors (Lipinski definition) is 0. The Labute approximate surface area is 108 Å². The lowest BCUT2D eigenvalue weighted by Gasteiger charge is -2.35. The third kappa shape index (κ3) is 3.93. The summed E-state index contributed by atoms with van der Waals surface area (Å²) >= 11 is 1.77. The Morgan fingerprint density at radius 1 is 1.53 bits per heavy atom. The van der Waals surface area contributed by atoms with E-state index >= 15 is 0 Å². The second-order valence-electron chi connectivity index (χ2n) is 4.97. The van der Waals surface area contributed by atoms with Gasteiger partial charge in [0.05, 0.1) is 0 Å². The Kier molecular flexibility index (Phi) is 4.75. The molecule has 1 aromatic rings. The van der Waals surface area contributed by atoms with Crippen molar-refractivity contribution in [1.29, 1.82) is 0 Å². The van der Waals surface area contributed by atoms with Gasteiger partial charge in [-0.25, -0.2) is 0 Å². The molecule has 1 fully saturated rings. The summed E-state index contributed by atoms with van der Waals surface area (Å²) in [7, 11) is 0. The van der Waals surface area contributed by atoms with Crippen LogP contribution in [0.2, 0.25) is 0 Å². The van der Waals surface area contributed by atoms with Crippen molar-refractivity contribution in [1.82, 2.24) is 4.90 Å². The molecule has 1 atom stereocenters. The van der Waals surface area contributed by atoms with E-state index in [0.717, 1.165) is 19.4 Å². The summed E-state index contributed by atoms with van der Waals surface area (Å²) in [5.41, 5.74) is 1.43. The molecular weight excluding hydrogens is 230 g/mol. The predicted octanol–water partition coefficient (Wildman–Crippen LogP) is 3.12. The summed E-state index contributed by atoms with van der Waals surface area (Å²) in [6.45, 7) is 3.99. The number of nitrogens with zero attached hydrogens (tertiary/aromatic N) is 1. The summed E-state index contributed by atoms with van der Waals surface area (Å²) in [4.78, 5) is 13.8. The van der Waals surface area contributed by atoms with Crippen molar-refractivity contribution in [2.45, 2.75) is 45.1 Å². The van der Waals surface area contributed by atoms with Crippen LogP contribution in [0.3, 0.4) is 0 Å². The Morgan fingerprint density at radius 3 is 3.12 bits per heavy atom. The van der Waals surface area contributed by atoms with Gasteiger partial charge in [0.2, 0.25) is 0 Å². The van der Waals surface area contributed by atoms with Crippen LogP contribution in [0.15, 0.2) is 16.8 Å². The standard InChI is InChI=1S/C14H21NOS/c1-12(16)10-14-4-2-3-7-15(14)8-5-13-6-9-17-11-13/h6,9,11,14H,2-5,7-8,10H2,1H3. The number of ketones is 1. The minimum absolute atomic E-state index is 0.331. The van der Waals surface area contributed by atoms with Gasteiger partial charge in [0, 0.05) is 19.0 Å². The molecule has 0 N–H and O–H groups in total. The van der Waals surface area contributed by atoms with Crippen LogP contribution in [0.1, 0.15) is 38.2 Å². The fourth-order valence-corrected chi connectivity index (χ4v) is 3.33. The van der Waals surface area contributed by atoms with Crippen LogP contribution in [0.4, 0.5) is 0 Å². The molecule has 0 bridgehead atoms. The molecule has 1 saturated heterocycles. The van der Waals surface area contributed by atoms with Gasteiger partial charge in [0.15, 0.2) is 0 Å². The summed E-state index contributed by atoms with van der Waals surface area (Å²) in [6.07, 6.45) is 5.63. The average Bonchev–Trinajstić information content (AvgIpc) is 2.80. The van der Waals surface area contributed by atoms with Gasteiger partial charge < -0.3 is 0 Å². The molecule has 0 aliphatic carbocycles. The van der Waals surface area contributed by atoms with E-state index in [9.17, 15) is 4.79 Å². The topological polar surface area (TPSA) is 20.3 Å². The third-order valence-electron chi connectivity index (χ3n) is 3.54. The predicted molar refractivity (Wildman–Crippen MR) is 72.5 cm³/mol. The molecule has 3 heteroatoms. The first-order valence-corrected chi connectivity index (χ1v) is 7.44. The van der Waals surface area contributed by atoms with Crippen molar-refractivity contribution < 1.29 is 4.79 Å². The van der Waals surface area contributed by atoms with E-state index < -0.39 is 0 Å². The van der Waals surface area contributed by atoms with Gasteiger partial charge >= 0.3 is 0 Å². The summed E-state index contributed by atoms with van der Waals surface area (Å²) in [5, 5.41) is 4.36. The first-order chi connectivity index (χ1) is 8.25. The van der Waals surface area contributed by atoms with Crippen LogP contribution in [-0.4, -0.2) is 29.8 Å². The minimum Gasteiger partial charge on any atom is -0.300 e. The molecule has 94 valence electrons. The number of carbonyl (C=O) groups is 1. The Morgan fingerprint density at radius 2 is 2.41 bits per heavy atom. The number of piperidine rings is 1. The molecule has 2 nitrogen and oxygen atoms in total. The first kappa shape index (κ1) is 12.8.